The first-order valence-corrected chi connectivity index (χ1v) is 7.25. The van der Waals surface area contributed by atoms with Crippen LogP contribution in [0.3, 0.4) is 0 Å². The van der Waals surface area contributed by atoms with Gasteiger partial charge >= 0.3 is 0 Å². The minimum absolute atomic E-state index is 0.155. The molecule has 1 rings (SSSR count). The van der Waals surface area contributed by atoms with Gasteiger partial charge in [0.2, 0.25) is 0 Å². The number of aromatic nitrogens is 3. The Morgan fingerprint density at radius 2 is 1.84 bits per heavy atom. The number of hydrogen-bond acceptors (Lipinski definition) is 3. The molecule has 0 saturated carbocycles. The highest BCUT2D eigenvalue weighted by Gasteiger charge is 2.27. The molecule has 0 aliphatic rings. The van der Waals surface area contributed by atoms with Gasteiger partial charge in [0.1, 0.15) is 12.2 Å². The third kappa shape index (κ3) is 5.31. The van der Waals surface area contributed by atoms with Gasteiger partial charge in [0.15, 0.2) is 0 Å². The van der Waals surface area contributed by atoms with Crippen LogP contribution in [-0.2, 0) is 13.0 Å². The van der Waals surface area contributed by atoms with Gasteiger partial charge in [-0.15, -0.1) is 0 Å². The predicted octanol–water partition coefficient (Wildman–Crippen LogP) is 2.89. The molecule has 1 aromatic heterocycles. The van der Waals surface area contributed by atoms with Crippen LogP contribution in [0.5, 0.6) is 0 Å². The summed E-state index contributed by atoms with van der Waals surface area (Å²) >= 11 is 0. The van der Waals surface area contributed by atoms with Gasteiger partial charge < -0.3 is 5.32 Å². The predicted molar refractivity (Wildman–Crippen MR) is 80.1 cm³/mol. The molecule has 0 aliphatic carbocycles. The van der Waals surface area contributed by atoms with Gasteiger partial charge in [-0.05, 0) is 45.6 Å². The van der Waals surface area contributed by atoms with Crippen molar-refractivity contribution in [1.82, 2.24) is 20.1 Å². The molecule has 0 bridgehead atoms. The van der Waals surface area contributed by atoms with Crippen LogP contribution in [0, 0.1) is 11.3 Å². The van der Waals surface area contributed by atoms with Crippen molar-refractivity contribution in [2.75, 3.05) is 6.54 Å². The number of nitrogens with zero attached hydrogens (tertiary/aromatic N) is 3. The number of hydrogen-bond donors (Lipinski definition) is 1. The van der Waals surface area contributed by atoms with Crippen molar-refractivity contribution in [1.29, 1.82) is 0 Å². The summed E-state index contributed by atoms with van der Waals surface area (Å²) in [5, 5.41) is 7.88. The van der Waals surface area contributed by atoms with Gasteiger partial charge in [0, 0.05) is 18.5 Å². The number of nitrogens with one attached hydrogen (secondary N) is 1. The maximum atomic E-state index is 4.41. The van der Waals surface area contributed by atoms with Gasteiger partial charge in [0.25, 0.3) is 0 Å². The SMILES string of the molecule is CCn1ncnc1CC(CNC(C)(C)C)C(C)(C)C. The number of rotatable bonds is 5. The first kappa shape index (κ1) is 16.2. The average molecular weight is 266 g/mol. The maximum Gasteiger partial charge on any atom is 0.138 e. The van der Waals surface area contributed by atoms with E-state index in [1.807, 2.05) is 4.68 Å². The lowest BCUT2D eigenvalue weighted by Gasteiger charge is -2.33. The van der Waals surface area contributed by atoms with Crippen LogP contribution in [0.2, 0.25) is 0 Å². The van der Waals surface area contributed by atoms with Crippen LogP contribution >= 0.6 is 0 Å². The Morgan fingerprint density at radius 3 is 2.32 bits per heavy atom. The molecule has 0 aromatic carbocycles. The van der Waals surface area contributed by atoms with E-state index in [0.29, 0.717) is 5.92 Å². The first-order valence-electron chi connectivity index (χ1n) is 7.25. The molecule has 0 radical (unpaired) electrons. The summed E-state index contributed by atoms with van der Waals surface area (Å²) in [6, 6.07) is 0. The fraction of sp³-hybridized carbons (Fsp3) is 0.867. The Balaban J connectivity index is 2.76. The lowest BCUT2D eigenvalue weighted by molar-refractivity contribution is 0.209. The van der Waals surface area contributed by atoms with E-state index >= 15 is 0 Å². The van der Waals surface area contributed by atoms with Crippen LogP contribution in [0.1, 0.15) is 54.3 Å². The summed E-state index contributed by atoms with van der Waals surface area (Å²) in [6.07, 6.45) is 2.64. The summed E-state index contributed by atoms with van der Waals surface area (Å²) in [6.45, 7) is 17.5. The monoisotopic (exact) mass is 266 g/mol. The van der Waals surface area contributed by atoms with Gasteiger partial charge in [0.05, 0.1) is 0 Å². The Kier molecular flexibility index (Phi) is 5.13. The Morgan fingerprint density at radius 1 is 1.21 bits per heavy atom. The zero-order valence-electron chi connectivity index (χ0n) is 13.6. The second-order valence-corrected chi connectivity index (χ2v) is 7.39. The summed E-state index contributed by atoms with van der Waals surface area (Å²) < 4.78 is 2.00. The smallest absolute Gasteiger partial charge is 0.138 e. The quantitative estimate of drug-likeness (QED) is 0.891. The van der Waals surface area contributed by atoms with Gasteiger partial charge in [-0.1, -0.05) is 20.8 Å². The Hall–Kier alpha value is -0.900. The molecular formula is C15H30N4. The van der Waals surface area contributed by atoms with Crippen molar-refractivity contribution in [3.63, 3.8) is 0 Å². The van der Waals surface area contributed by atoms with Crippen LogP contribution < -0.4 is 5.32 Å². The summed E-state index contributed by atoms with van der Waals surface area (Å²) in [4.78, 5) is 4.41. The third-order valence-electron chi connectivity index (χ3n) is 3.53. The highest BCUT2D eigenvalue weighted by Crippen LogP contribution is 2.28. The van der Waals surface area contributed by atoms with Crippen LogP contribution in [0.15, 0.2) is 6.33 Å². The molecule has 1 N–H and O–H groups in total. The van der Waals surface area contributed by atoms with E-state index in [1.54, 1.807) is 6.33 Å². The third-order valence-corrected chi connectivity index (χ3v) is 3.53. The zero-order valence-corrected chi connectivity index (χ0v) is 13.6. The molecule has 0 aliphatic heterocycles. The second-order valence-electron chi connectivity index (χ2n) is 7.39. The Bertz CT molecular complexity index is 382. The van der Waals surface area contributed by atoms with Crippen molar-refractivity contribution in [2.45, 2.75) is 67.0 Å². The van der Waals surface area contributed by atoms with Crippen LogP contribution in [0.25, 0.3) is 0 Å². The van der Waals surface area contributed by atoms with Crippen LogP contribution in [0.4, 0.5) is 0 Å². The molecular weight excluding hydrogens is 236 g/mol. The molecule has 1 atom stereocenters. The van der Waals surface area contributed by atoms with E-state index in [1.165, 1.54) is 0 Å². The summed E-state index contributed by atoms with van der Waals surface area (Å²) in [5.41, 5.74) is 0.407. The fourth-order valence-corrected chi connectivity index (χ4v) is 2.04. The van der Waals surface area contributed by atoms with E-state index in [-0.39, 0.29) is 11.0 Å². The average Bonchev–Trinajstić information content (AvgIpc) is 2.68. The molecule has 0 spiro atoms. The topological polar surface area (TPSA) is 42.7 Å². The molecule has 4 heteroatoms. The van der Waals surface area contributed by atoms with Crippen molar-refractivity contribution < 1.29 is 0 Å². The van der Waals surface area contributed by atoms with Crippen LogP contribution in [-0.4, -0.2) is 26.8 Å². The lowest BCUT2D eigenvalue weighted by Crippen LogP contribution is -2.43. The lowest BCUT2D eigenvalue weighted by atomic mass is 9.78. The largest absolute Gasteiger partial charge is 0.312 e. The van der Waals surface area contributed by atoms with Crippen molar-refractivity contribution in [3.05, 3.63) is 12.2 Å². The Labute approximate surface area is 118 Å². The van der Waals surface area contributed by atoms with Crippen molar-refractivity contribution >= 4 is 0 Å². The molecule has 1 aromatic rings. The molecule has 1 unspecified atom stereocenters. The zero-order chi connectivity index (χ0) is 14.7. The highest BCUT2D eigenvalue weighted by atomic mass is 15.3. The standard InChI is InChI=1S/C15H30N4/c1-8-19-13(16-11-18-19)9-12(14(2,3)4)10-17-15(5,6)7/h11-12,17H,8-10H2,1-7H3. The van der Waals surface area contributed by atoms with Gasteiger partial charge in [-0.2, -0.15) is 5.10 Å². The van der Waals surface area contributed by atoms with Gasteiger partial charge in [-0.25, -0.2) is 4.98 Å². The summed E-state index contributed by atoms with van der Waals surface area (Å²) in [7, 11) is 0. The molecule has 4 nitrogen and oxygen atoms in total. The first-order chi connectivity index (χ1) is 8.63. The van der Waals surface area contributed by atoms with Crippen molar-refractivity contribution in [3.8, 4) is 0 Å². The van der Waals surface area contributed by atoms with E-state index < -0.39 is 0 Å². The second kappa shape index (κ2) is 6.04. The molecule has 110 valence electrons. The van der Waals surface area contributed by atoms with E-state index in [9.17, 15) is 0 Å². The van der Waals surface area contributed by atoms with E-state index in [0.717, 1.165) is 25.3 Å². The molecule has 0 saturated heterocycles. The molecule has 19 heavy (non-hydrogen) atoms. The fourth-order valence-electron chi connectivity index (χ4n) is 2.04. The van der Waals surface area contributed by atoms with E-state index in [2.05, 4.69) is 63.9 Å². The number of aryl methyl sites for hydroxylation is 1. The molecule has 0 fully saturated rings. The molecule has 0 amide bonds. The minimum Gasteiger partial charge on any atom is -0.312 e. The van der Waals surface area contributed by atoms with E-state index in [4.69, 9.17) is 0 Å². The van der Waals surface area contributed by atoms with Gasteiger partial charge in [-0.3, -0.25) is 4.68 Å². The highest BCUT2D eigenvalue weighted by molar-refractivity contribution is 4.92. The molecule has 1 heterocycles. The summed E-state index contributed by atoms with van der Waals surface area (Å²) in [5.74, 6) is 1.64. The van der Waals surface area contributed by atoms with Crippen molar-refractivity contribution in [2.24, 2.45) is 11.3 Å². The normalized spacial score (nSPS) is 14.7. The maximum absolute atomic E-state index is 4.41. The minimum atomic E-state index is 0.155.